The van der Waals surface area contributed by atoms with Gasteiger partial charge >= 0.3 is 0 Å². The van der Waals surface area contributed by atoms with Gasteiger partial charge in [-0.05, 0) is 72.5 Å². The van der Waals surface area contributed by atoms with Crippen molar-refractivity contribution in [3.63, 3.8) is 0 Å². The van der Waals surface area contributed by atoms with Crippen LogP contribution in [0.3, 0.4) is 0 Å². The molecule has 0 heterocycles. The van der Waals surface area contributed by atoms with E-state index in [9.17, 15) is 9.59 Å². The van der Waals surface area contributed by atoms with Crippen LogP contribution in [0.25, 0.3) is 0 Å². The van der Waals surface area contributed by atoms with E-state index >= 15 is 0 Å². The molecule has 0 aliphatic heterocycles. The number of primary amides is 2. The fourth-order valence-corrected chi connectivity index (χ4v) is 4.44. The average Bonchev–Trinajstić information content (AvgIpc) is 2.89. The summed E-state index contributed by atoms with van der Waals surface area (Å²) in [6, 6.07) is 35.1. The lowest BCUT2D eigenvalue weighted by atomic mass is 9.70. The second kappa shape index (κ2) is 11.2. The molecule has 6 N–H and O–H groups in total. The van der Waals surface area contributed by atoms with Gasteiger partial charge in [-0.1, -0.05) is 60.7 Å². The maximum atomic E-state index is 13.1. The Balaban J connectivity index is 1.66. The summed E-state index contributed by atoms with van der Waals surface area (Å²) < 4.78 is 0. The lowest BCUT2D eigenvalue weighted by Crippen LogP contribution is -2.42. The summed E-state index contributed by atoms with van der Waals surface area (Å²) in [5.74, 6) is -0.877. The molecule has 0 radical (unpaired) electrons. The molecule has 2 amide bonds. The van der Waals surface area contributed by atoms with E-state index in [1.807, 2.05) is 109 Å². The number of benzene rings is 4. The maximum absolute atomic E-state index is 13.1. The van der Waals surface area contributed by atoms with Crippen molar-refractivity contribution in [2.75, 3.05) is 10.6 Å². The van der Waals surface area contributed by atoms with E-state index in [0.29, 0.717) is 12.8 Å². The number of amides is 2. The van der Waals surface area contributed by atoms with Crippen molar-refractivity contribution in [3.8, 4) is 0 Å². The number of carbonyl (C=O) groups excluding carboxylic acids is 2. The van der Waals surface area contributed by atoms with Crippen LogP contribution in [-0.2, 0) is 15.0 Å². The molecule has 0 spiro atoms. The molecule has 6 nitrogen and oxygen atoms in total. The van der Waals surface area contributed by atoms with Crippen molar-refractivity contribution in [1.82, 2.24) is 0 Å². The number of rotatable bonds is 11. The number of hydrogen-bond acceptors (Lipinski definition) is 4. The number of anilines is 4. The molecule has 6 heteroatoms. The molecule has 182 valence electrons. The molecule has 0 saturated carbocycles. The van der Waals surface area contributed by atoms with Crippen molar-refractivity contribution in [2.24, 2.45) is 11.5 Å². The predicted octanol–water partition coefficient (Wildman–Crippen LogP) is 5.60. The topological polar surface area (TPSA) is 110 Å². The molecule has 0 aliphatic rings. The van der Waals surface area contributed by atoms with Crippen molar-refractivity contribution in [2.45, 2.75) is 24.7 Å². The van der Waals surface area contributed by atoms with Gasteiger partial charge in [-0.3, -0.25) is 9.59 Å². The zero-order valence-electron chi connectivity index (χ0n) is 20.0. The lowest BCUT2D eigenvalue weighted by Gasteiger charge is -2.32. The summed E-state index contributed by atoms with van der Waals surface area (Å²) in [4.78, 5) is 24.6. The van der Waals surface area contributed by atoms with Crippen LogP contribution in [0.2, 0.25) is 0 Å². The summed E-state index contributed by atoms with van der Waals surface area (Å²) in [5.41, 5.74) is 15.6. The van der Waals surface area contributed by atoms with Crippen LogP contribution in [0.5, 0.6) is 0 Å². The fourth-order valence-electron chi connectivity index (χ4n) is 4.44. The highest BCUT2D eigenvalue weighted by Gasteiger charge is 2.40. The molecular formula is C30H30N4O2. The molecule has 4 rings (SSSR count). The van der Waals surface area contributed by atoms with Gasteiger partial charge in [-0.25, -0.2) is 0 Å². The van der Waals surface area contributed by atoms with E-state index in [0.717, 1.165) is 33.9 Å². The van der Waals surface area contributed by atoms with Crippen molar-refractivity contribution >= 4 is 34.6 Å². The highest BCUT2D eigenvalue weighted by molar-refractivity contribution is 5.91. The second-order valence-electron chi connectivity index (χ2n) is 8.73. The van der Waals surface area contributed by atoms with Crippen molar-refractivity contribution in [1.29, 1.82) is 0 Å². The van der Waals surface area contributed by atoms with Crippen LogP contribution < -0.4 is 22.1 Å². The van der Waals surface area contributed by atoms with E-state index in [1.54, 1.807) is 0 Å². The molecule has 0 aliphatic carbocycles. The maximum Gasteiger partial charge on any atom is 0.232 e. The van der Waals surface area contributed by atoms with Gasteiger partial charge in [-0.15, -0.1) is 0 Å². The first-order chi connectivity index (χ1) is 17.5. The van der Waals surface area contributed by atoms with Crippen LogP contribution in [-0.4, -0.2) is 11.8 Å². The predicted molar refractivity (Wildman–Crippen MR) is 145 cm³/mol. The Labute approximate surface area is 211 Å². The summed E-state index contributed by atoms with van der Waals surface area (Å²) in [6.07, 6.45) is 0.977. The number of carbonyl (C=O) groups is 2. The van der Waals surface area contributed by atoms with E-state index in [2.05, 4.69) is 10.6 Å². The third-order valence-corrected chi connectivity index (χ3v) is 6.28. The van der Waals surface area contributed by atoms with Gasteiger partial charge in [0.15, 0.2) is 0 Å². The highest BCUT2D eigenvalue weighted by Crippen LogP contribution is 2.38. The minimum atomic E-state index is -1.11. The Morgan fingerprint density at radius 1 is 0.583 bits per heavy atom. The number of hydrogen-bond donors (Lipinski definition) is 4. The molecule has 0 bridgehead atoms. The zero-order chi connectivity index (χ0) is 25.4. The van der Waals surface area contributed by atoms with E-state index in [1.165, 1.54) is 0 Å². The Morgan fingerprint density at radius 2 is 0.972 bits per heavy atom. The van der Waals surface area contributed by atoms with E-state index < -0.39 is 17.2 Å². The van der Waals surface area contributed by atoms with Gasteiger partial charge in [-0.2, -0.15) is 0 Å². The summed E-state index contributed by atoms with van der Waals surface area (Å²) >= 11 is 0. The van der Waals surface area contributed by atoms with Gasteiger partial charge < -0.3 is 22.1 Å². The van der Waals surface area contributed by atoms with Gasteiger partial charge in [0.1, 0.15) is 0 Å². The normalized spacial score (nSPS) is 11.0. The first-order valence-electron chi connectivity index (χ1n) is 11.9. The standard InChI is InChI=1S/C30H30N4O2/c31-28(35)12-7-21-30(29(32)36,22-13-17-26(18-14-22)33-24-8-3-1-4-9-24)23-15-19-27(20-16-23)34-25-10-5-2-6-11-25/h1-6,8-11,13-20,33-34H,7,12,21H2,(H2,31,35)(H2,32,36). The van der Waals surface area contributed by atoms with Crippen molar-refractivity contribution < 1.29 is 9.59 Å². The van der Waals surface area contributed by atoms with Gasteiger partial charge in [0, 0.05) is 29.2 Å². The Kier molecular flexibility index (Phi) is 7.66. The Morgan fingerprint density at radius 3 is 1.33 bits per heavy atom. The molecule has 4 aromatic carbocycles. The van der Waals surface area contributed by atoms with Crippen LogP contribution in [0.4, 0.5) is 22.7 Å². The van der Waals surface area contributed by atoms with Crippen LogP contribution >= 0.6 is 0 Å². The number of nitrogens with two attached hydrogens (primary N) is 2. The first-order valence-corrected chi connectivity index (χ1v) is 11.9. The third kappa shape index (κ3) is 5.73. The zero-order valence-corrected chi connectivity index (χ0v) is 20.0. The quantitative estimate of drug-likeness (QED) is 0.225. The summed E-state index contributed by atoms with van der Waals surface area (Å²) in [5, 5.41) is 6.71. The van der Waals surface area contributed by atoms with Crippen molar-refractivity contribution in [3.05, 3.63) is 120 Å². The molecule has 0 fully saturated rings. The van der Waals surface area contributed by atoms with E-state index in [-0.39, 0.29) is 6.42 Å². The van der Waals surface area contributed by atoms with Gasteiger partial charge in [0.25, 0.3) is 0 Å². The molecule has 0 aromatic heterocycles. The molecule has 0 unspecified atom stereocenters. The molecule has 4 aromatic rings. The molecule has 36 heavy (non-hydrogen) atoms. The third-order valence-electron chi connectivity index (χ3n) is 6.28. The highest BCUT2D eigenvalue weighted by atomic mass is 16.1. The number of nitrogens with one attached hydrogen (secondary N) is 2. The first kappa shape index (κ1) is 24.5. The molecule has 0 saturated heterocycles. The minimum absolute atomic E-state index is 0.177. The SMILES string of the molecule is NC(=O)CCCC(C(N)=O)(c1ccc(Nc2ccccc2)cc1)c1ccc(Nc2ccccc2)cc1. The van der Waals surface area contributed by atoms with Gasteiger partial charge in [0.2, 0.25) is 11.8 Å². The summed E-state index contributed by atoms with van der Waals surface area (Å²) in [7, 11) is 0. The molecular weight excluding hydrogens is 448 g/mol. The number of para-hydroxylation sites is 2. The largest absolute Gasteiger partial charge is 0.370 e. The average molecular weight is 479 g/mol. The monoisotopic (exact) mass is 478 g/mol. The summed E-state index contributed by atoms with van der Waals surface area (Å²) in [6.45, 7) is 0. The minimum Gasteiger partial charge on any atom is -0.370 e. The second-order valence-corrected chi connectivity index (χ2v) is 8.73. The Bertz CT molecular complexity index is 1200. The van der Waals surface area contributed by atoms with Crippen LogP contribution in [0.1, 0.15) is 30.4 Å². The smallest absolute Gasteiger partial charge is 0.232 e. The fraction of sp³-hybridized carbons (Fsp3) is 0.133. The lowest BCUT2D eigenvalue weighted by molar-refractivity contribution is -0.123. The van der Waals surface area contributed by atoms with Crippen LogP contribution in [0, 0.1) is 0 Å². The van der Waals surface area contributed by atoms with Crippen LogP contribution in [0.15, 0.2) is 109 Å². The Hall–Kier alpha value is -4.58. The molecule has 0 atom stereocenters. The van der Waals surface area contributed by atoms with Gasteiger partial charge in [0.05, 0.1) is 5.41 Å². The van der Waals surface area contributed by atoms with E-state index in [4.69, 9.17) is 11.5 Å².